The highest BCUT2D eigenvalue weighted by Crippen LogP contribution is 2.41. The van der Waals surface area contributed by atoms with Crippen LogP contribution in [-0.4, -0.2) is 16.7 Å². The Morgan fingerprint density at radius 1 is 1.03 bits per heavy atom. The van der Waals surface area contributed by atoms with Crippen LogP contribution in [0.5, 0.6) is 0 Å². The minimum absolute atomic E-state index is 0.0288. The van der Waals surface area contributed by atoms with Crippen LogP contribution in [0.1, 0.15) is 37.7 Å². The minimum Gasteiger partial charge on any atom is -0.299 e. The van der Waals surface area contributed by atoms with Gasteiger partial charge in [0.25, 0.3) is 0 Å². The Bertz CT molecular complexity index is 1100. The number of hydrogen-bond donors (Lipinski definition) is 0. The lowest BCUT2D eigenvalue weighted by molar-refractivity contribution is -0.136. The van der Waals surface area contributed by atoms with E-state index < -0.39 is 0 Å². The smallest absolute Gasteiger partial charge is 0.232 e. The summed E-state index contributed by atoms with van der Waals surface area (Å²) >= 11 is 1.42. The number of fused-ring (bicyclic) bond motifs is 2. The summed E-state index contributed by atoms with van der Waals surface area (Å²) in [6, 6.07) is 16.1. The number of thiazole rings is 1. The second kappa shape index (κ2) is 8.94. The molecule has 2 aliphatic carbocycles. The number of amides is 1. The van der Waals surface area contributed by atoms with Gasteiger partial charge in [-0.05, 0) is 55.5 Å². The van der Waals surface area contributed by atoms with Crippen molar-refractivity contribution in [3.8, 4) is 11.3 Å². The molecule has 2 aliphatic rings. The molecule has 0 saturated heterocycles. The average molecular weight is 449 g/mol. The summed E-state index contributed by atoms with van der Waals surface area (Å²) in [5, 5.41) is 2.55. The summed E-state index contributed by atoms with van der Waals surface area (Å²) in [5.41, 5.74) is 2.58. The first-order valence-electron chi connectivity index (χ1n) is 11.2. The third-order valence-corrected chi connectivity index (χ3v) is 7.57. The fourth-order valence-electron chi connectivity index (χ4n) is 5.05. The first-order valence-corrected chi connectivity index (χ1v) is 12.1. The van der Waals surface area contributed by atoms with Gasteiger partial charge in [0.1, 0.15) is 11.6 Å². The number of halogens is 1. The summed E-state index contributed by atoms with van der Waals surface area (Å²) in [5.74, 6) is 0.0376. The summed E-state index contributed by atoms with van der Waals surface area (Å²) < 4.78 is 13.3. The quantitative estimate of drug-likeness (QED) is 0.490. The number of benzene rings is 2. The molecular weight excluding hydrogens is 423 g/mol. The van der Waals surface area contributed by atoms with Crippen molar-refractivity contribution in [3.05, 3.63) is 71.4 Å². The van der Waals surface area contributed by atoms with E-state index in [4.69, 9.17) is 4.98 Å². The second-order valence-corrected chi connectivity index (χ2v) is 9.66. The molecule has 164 valence electrons. The normalized spacial score (nSPS) is 22.5. The zero-order chi connectivity index (χ0) is 22.1. The molecular formula is C26H25FN2O2S. The molecule has 0 N–H and O–H groups in total. The number of ketones is 1. The summed E-state index contributed by atoms with van der Waals surface area (Å²) in [6.45, 7) is 0.440. The number of aromatic nitrogens is 1. The Hall–Kier alpha value is -2.86. The van der Waals surface area contributed by atoms with Crippen LogP contribution in [0, 0.1) is 23.6 Å². The zero-order valence-electron chi connectivity index (χ0n) is 17.7. The topological polar surface area (TPSA) is 50.3 Å². The van der Waals surface area contributed by atoms with E-state index in [-0.39, 0.29) is 29.5 Å². The largest absolute Gasteiger partial charge is 0.299 e. The molecule has 1 amide bonds. The second-order valence-electron chi connectivity index (χ2n) is 8.83. The van der Waals surface area contributed by atoms with Crippen molar-refractivity contribution in [2.45, 2.75) is 38.6 Å². The average Bonchev–Trinajstić information content (AvgIpc) is 3.28. The summed E-state index contributed by atoms with van der Waals surface area (Å²) in [7, 11) is 0. The van der Waals surface area contributed by atoms with Gasteiger partial charge in [-0.3, -0.25) is 14.5 Å². The van der Waals surface area contributed by atoms with Crippen molar-refractivity contribution in [1.29, 1.82) is 0 Å². The van der Waals surface area contributed by atoms with Crippen molar-refractivity contribution in [2.75, 3.05) is 4.90 Å². The van der Waals surface area contributed by atoms with E-state index in [1.807, 2.05) is 35.7 Å². The van der Waals surface area contributed by atoms with Gasteiger partial charge in [0, 0.05) is 28.7 Å². The highest BCUT2D eigenvalue weighted by molar-refractivity contribution is 7.14. The van der Waals surface area contributed by atoms with Gasteiger partial charge >= 0.3 is 0 Å². The van der Waals surface area contributed by atoms with Crippen LogP contribution in [0.2, 0.25) is 0 Å². The summed E-state index contributed by atoms with van der Waals surface area (Å²) in [4.78, 5) is 32.8. The Balaban J connectivity index is 1.44. The van der Waals surface area contributed by atoms with E-state index >= 15 is 0 Å². The van der Waals surface area contributed by atoms with E-state index in [1.54, 1.807) is 17.0 Å². The van der Waals surface area contributed by atoms with Crippen LogP contribution < -0.4 is 4.90 Å². The maximum absolute atomic E-state index is 13.8. The number of rotatable bonds is 5. The molecule has 1 heterocycles. The highest BCUT2D eigenvalue weighted by Gasteiger charge is 2.42. The standard InChI is InChI=1S/C26H25FN2O2S/c27-22-11-9-18(10-12-22)23-16-32-26(28-23)29(15-17-5-2-1-3-6-17)25(31)21-13-19-7-4-8-20(14-21)24(19)30/h1-3,5-6,9-12,16,19-21H,4,7-8,13-15H2. The predicted octanol–water partition coefficient (Wildman–Crippen LogP) is 5.88. The van der Waals surface area contributed by atoms with Crippen LogP contribution in [0.15, 0.2) is 60.0 Å². The molecule has 1 aromatic heterocycles. The first-order chi connectivity index (χ1) is 15.6. The van der Waals surface area contributed by atoms with E-state index in [0.717, 1.165) is 36.1 Å². The molecule has 2 unspecified atom stereocenters. The maximum Gasteiger partial charge on any atom is 0.232 e. The Kier molecular flexibility index (Phi) is 5.87. The fraction of sp³-hybridized carbons (Fsp3) is 0.346. The van der Waals surface area contributed by atoms with Crippen LogP contribution in [0.25, 0.3) is 11.3 Å². The molecule has 0 aliphatic heterocycles. The molecule has 5 rings (SSSR count). The fourth-order valence-corrected chi connectivity index (χ4v) is 5.89. The van der Waals surface area contributed by atoms with Crippen molar-refractivity contribution >= 4 is 28.2 Å². The molecule has 6 heteroatoms. The van der Waals surface area contributed by atoms with Crippen molar-refractivity contribution < 1.29 is 14.0 Å². The lowest BCUT2D eigenvalue weighted by Gasteiger charge is -2.38. The van der Waals surface area contributed by atoms with Gasteiger partial charge in [0.05, 0.1) is 12.2 Å². The number of hydrogen-bond acceptors (Lipinski definition) is 4. The third kappa shape index (κ3) is 4.24. The number of Topliss-reactive ketones (excluding diaryl/α,β-unsaturated/α-hetero) is 1. The van der Waals surface area contributed by atoms with Crippen LogP contribution >= 0.6 is 11.3 Å². The molecule has 0 spiro atoms. The van der Waals surface area contributed by atoms with Crippen molar-refractivity contribution in [1.82, 2.24) is 4.98 Å². The predicted molar refractivity (Wildman–Crippen MR) is 124 cm³/mol. The van der Waals surface area contributed by atoms with E-state index in [9.17, 15) is 14.0 Å². The van der Waals surface area contributed by atoms with Crippen molar-refractivity contribution in [2.24, 2.45) is 17.8 Å². The molecule has 2 atom stereocenters. The van der Waals surface area contributed by atoms with Gasteiger partial charge in [-0.1, -0.05) is 36.8 Å². The van der Waals surface area contributed by atoms with Gasteiger partial charge in [0.2, 0.25) is 5.91 Å². The number of anilines is 1. The van der Waals surface area contributed by atoms with E-state index in [0.29, 0.717) is 30.3 Å². The lowest BCUT2D eigenvalue weighted by Crippen LogP contribution is -2.44. The Morgan fingerprint density at radius 2 is 1.72 bits per heavy atom. The van der Waals surface area contributed by atoms with Gasteiger partial charge in [-0.15, -0.1) is 11.3 Å². The molecule has 3 aromatic rings. The zero-order valence-corrected chi connectivity index (χ0v) is 18.6. The van der Waals surface area contributed by atoms with Crippen molar-refractivity contribution in [3.63, 3.8) is 0 Å². The Morgan fingerprint density at radius 3 is 2.41 bits per heavy atom. The number of nitrogens with zero attached hydrogens (tertiary/aromatic N) is 2. The highest BCUT2D eigenvalue weighted by atomic mass is 32.1. The lowest BCUT2D eigenvalue weighted by atomic mass is 9.67. The minimum atomic E-state index is -0.289. The van der Waals surface area contributed by atoms with E-state index in [1.165, 1.54) is 23.5 Å². The van der Waals surface area contributed by atoms with Gasteiger partial charge < -0.3 is 0 Å². The molecule has 2 bridgehead atoms. The molecule has 0 radical (unpaired) electrons. The molecule has 32 heavy (non-hydrogen) atoms. The van der Waals surface area contributed by atoms with Crippen LogP contribution in [-0.2, 0) is 16.1 Å². The molecule has 2 saturated carbocycles. The van der Waals surface area contributed by atoms with Gasteiger partial charge in [0.15, 0.2) is 5.13 Å². The van der Waals surface area contributed by atoms with Gasteiger partial charge in [-0.25, -0.2) is 9.37 Å². The van der Waals surface area contributed by atoms with Crippen LogP contribution in [0.3, 0.4) is 0 Å². The molecule has 4 nitrogen and oxygen atoms in total. The number of carbonyl (C=O) groups is 2. The first kappa shape index (κ1) is 21.0. The van der Waals surface area contributed by atoms with Crippen LogP contribution in [0.4, 0.5) is 9.52 Å². The molecule has 2 aromatic carbocycles. The SMILES string of the molecule is O=C1C2CCCC1CC(C(=O)N(Cc1ccccc1)c1nc(-c3ccc(F)cc3)cs1)C2. The molecule has 2 fully saturated rings. The number of carbonyl (C=O) groups excluding carboxylic acids is 2. The third-order valence-electron chi connectivity index (χ3n) is 6.71. The summed E-state index contributed by atoms with van der Waals surface area (Å²) in [6.07, 6.45) is 4.20. The van der Waals surface area contributed by atoms with Gasteiger partial charge in [-0.2, -0.15) is 0 Å². The monoisotopic (exact) mass is 448 g/mol. The van der Waals surface area contributed by atoms with E-state index in [2.05, 4.69) is 0 Å². The Labute approximate surface area is 191 Å². The maximum atomic E-state index is 13.8.